The van der Waals surface area contributed by atoms with Crippen LogP contribution in [-0.4, -0.2) is 36.5 Å². The first-order valence-corrected chi connectivity index (χ1v) is 9.13. The molecule has 0 bridgehead atoms. The molecule has 4 atom stereocenters. The first-order chi connectivity index (χ1) is 10.8. The number of thiophene rings is 1. The van der Waals surface area contributed by atoms with Crippen molar-refractivity contribution in [1.82, 2.24) is 10.6 Å². The van der Waals surface area contributed by atoms with Crippen molar-refractivity contribution in [2.45, 2.75) is 70.9 Å². The van der Waals surface area contributed by atoms with Crippen LogP contribution in [0.5, 0.6) is 0 Å². The molecular formula is C17H28N2O3S. The van der Waals surface area contributed by atoms with Crippen molar-refractivity contribution >= 4 is 17.4 Å². The SMILES string of the molecule is CCOC1CC(NC(=O)OC(C)(C)C)C1NC(C)c1ccsc1. The molecule has 0 aromatic carbocycles. The van der Waals surface area contributed by atoms with Crippen LogP contribution < -0.4 is 10.6 Å². The number of carbonyl (C=O) groups is 1. The van der Waals surface area contributed by atoms with Crippen LogP contribution in [0.3, 0.4) is 0 Å². The molecule has 0 radical (unpaired) electrons. The number of nitrogens with one attached hydrogen (secondary N) is 2. The lowest BCUT2D eigenvalue weighted by Crippen LogP contribution is -2.66. The number of carbonyl (C=O) groups excluding carboxylic acids is 1. The fourth-order valence-corrected chi connectivity index (χ4v) is 3.48. The summed E-state index contributed by atoms with van der Waals surface area (Å²) in [5, 5.41) is 10.8. The summed E-state index contributed by atoms with van der Waals surface area (Å²) in [4.78, 5) is 12.0. The van der Waals surface area contributed by atoms with Crippen molar-refractivity contribution in [1.29, 1.82) is 0 Å². The summed E-state index contributed by atoms with van der Waals surface area (Å²) in [6.45, 7) is 10.4. The zero-order valence-corrected chi connectivity index (χ0v) is 15.4. The third-order valence-corrected chi connectivity index (χ3v) is 4.59. The number of ether oxygens (including phenoxy) is 2. The van der Waals surface area contributed by atoms with Gasteiger partial charge in [0.15, 0.2) is 0 Å². The third-order valence-electron chi connectivity index (χ3n) is 3.89. The molecule has 1 aliphatic rings. The fraction of sp³-hybridized carbons (Fsp3) is 0.706. The molecule has 1 saturated carbocycles. The molecule has 5 nitrogen and oxygen atoms in total. The number of rotatable bonds is 6. The Bertz CT molecular complexity index is 498. The summed E-state index contributed by atoms with van der Waals surface area (Å²) in [5.41, 5.74) is 0.771. The van der Waals surface area contributed by atoms with Crippen LogP contribution in [0.1, 0.15) is 52.6 Å². The van der Waals surface area contributed by atoms with Gasteiger partial charge in [0.1, 0.15) is 5.60 Å². The van der Waals surface area contributed by atoms with E-state index in [0.717, 1.165) is 6.42 Å². The predicted molar refractivity (Wildman–Crippen MR) is 92.8 cm³/mol. The molecule has 1 amide bonds. The minimum atomic E-state index is -0.486. The van der Waals surface area contributed by atoms with Crippen molar-refractivity contribution < 1.29 is 14.3 Å². The second kappa shape index (κ2) is 7.64. The molecular weight excluding hydrogens is 312 g/mol. The molecule has 1 aromatic heterocycles. The maximum absolute atomic E-state index is 12.0. The lowest BCUT2D eigenvalue weighted by molar-refractivity contribution is -0.0462. The third kappa shape index (κ3) is 5.19. The summed E-state index contributed by atoms with van der Waals surface area (Å²) in [7, 11) is 0. The predicted octanol–water partition coefficient (Wildman–Crippen LogP) is 3.47. The summed E-state index contributed by atoms with van der Waals surface area (Å²) in [5.74, 6) is 0. The Morgan fingerprint density at radius 1 is 1.48 bits per heavy atom. The standard InChI is InChI=1S/C17H28N2O3S/c1-6-21-14-9-13(19-16(20)22-17(3,4)5)15(14)18-11(2)12-7-8-23-10-12/h7-8,10-11,13-15,18H,6,9H2,1-5H3,(H,19,20). The lowest BCUT2D eigenvalue weighted by atomic mass is 9.82. The van der Waals surface area contributed by atoms with Gasteiger partial charge in [-0.1, -0.05) is 0 Å². The van der Waals surface area contributed by atoms with Crippen molar-refractivity contribution in [2.24, 2.45) is 0 Å². The molecule has 1 fully saturated rings. The van der Waals surface area contributed by atoms with Crippen molar-refractivity contribution in [3.05, 3.63) is 22.4 Å². The first-order valence-electron chi connectivity index (χ1n) is 8.19. The number of hydrogen-bond donors (Lipinski definition) is 2. The maximum Gasteiger partial charge on any atom is 0.407 e. The van der Waals surface area contributed by atoms with E-state index in [1.54, 1.807) is 11.3 Å². The van der Waals surface area contributed by atoms with Gasteiger partial charge in [-0.05, 0) is 63.4 Å². The molecule has 130 valence electrons. The monoisotopic (exact) mass is 340 g/mol. The number of amides is 1. The molecule has 1 heterocycles. The molecule has 23 heavy (non-hydrogen) atoms. The summed E-state index contributed by atoms with van der Waals surface area (Å²) in [6.07, 6.45) is 0.564. The average molecular weight is 340 g/mol. The molecule has 0 saturated heterocycles. The smallest absolute Gasteiger partial charge is 0.407 e. The van der Waals surface area contributed by atoms with Gasteiger partial charge in [0, 0.05) is 12.6 Å². The van der Waals surface area contributed by atoms with Gasteiger partial charge < -0.3 is 20.1 Å². The molecule has 4 unspecified atom stereocenters. The van der Waals surface area contributed by atoms with Crippen molar-refractivity contribution in [2.75, 3.05) is 6.61 Å². The van der Waals surface area contributed by atoms with E-state index in [1.165, 1.54) is 5.56 Å². The quantitative estimate of drug-likeness (QED) is 0.832. The molecule has 6 heteroatoms. The van der Waals surface area contributed by atoms with Gasteiger partial charge in [0.25, 0.3) is 0 Å². The van der Waals surface area contributed by atoms with E-state index in [0.29, 0.717) is 6.61 Å². The van der Waals surface area contributed by atoms with E-state index in [1.807, 2.05) is 27.7 Å². The zero-order chi connectivity index (χ0) is 17.0. The highest BCUT2D eigenvalue weighted by Crippen LogP contribution is 2.28. The minimum Gasteiger partial charge on any atom is -0.444 e. The van der Waals surface area contributed by atoms with E-state index in [-0.39, 0.29) is 30.3 Å². The highest BCUT2D eigenvalue weighted by molar-refractivity contribution is 7.07. The van der Waals surface area contributed by atoms with E-state index in [9.17, 15) is 4.79 Å². The minimum absolute atomic E-state index is 0.0301. The van der Waals surface area contributed by atoms with E-state index in [2.05, 4.69) is 34.4 Å². The Hall–Kier alpha value is -1.11. The molecule has 0 spiro atoms. The van der Waals surface area contributed by atoms with Gasteiger partial charge >= 0.3 is 6.09 Å². The number of alkyl carbamates (subject to hydrolysis) is 1. The summed E-state index contributed by atoms with van der Waals surface area (Å²) >= 11 is 1.69. The van der Waals surface area contributed by atoms with Gasteiger partial charge in [-0.3, -0.25) is 0 Å². The second-order valence-electron chi connectivity index (χ2n) is 6.95. The second-order valence-corrected chi connectivity index (χ2v) is 7.73. The van der Waals surface area contributed by atoms with Crippen LogP contribution >= 0.6 is 11.3 Å². The van der Waals surface area contributed by atoms with Gasteiger partial charge in [-0.25, -0.2) is 4.79 Å². The van der Waals surface area contributed by atoms with Crippen molar-refractivity contribution in [3.63, 3.8) is 0 Å². The molecule has 1 aliphatic carbocycles. The van der Waals surface area contributed by atoms with Crippen LogP contribution in [0, 0.1) is 0 Å². The highest BCUT2D eigenvalue weighted by Gasteiger charge is 2.43. The van der Waals surface area contributed by atoms with E-state index >= 15 is 0 Å². The summed E-state index contributed by atoms with van der Waals surface area (Å²) < 4.78 is 11.1. The maximum atomic E-state index is 12.0. The Kier molecular flexibility index (Phi) is 6.06. The highest BCUT2D eigenvalue weighted by atomic mass is 32.1. The summed E-state index contributed by atoms with van der Waals surface area (Å²) in [6, 6.07) is 2.46. The first kappa shape index (κ1) is 18.2. The van der Waals surface area contributed by atoms with Gasteiger partial charge in [0.05, 0.1) is 18.2 Å². The van der Waals surface area contributed by atoms with Crippen LogP contribution in [0.15, 0.2) is 16.8 Å². The normalized spacial score (nSPS) is 25.5. The average Bonchev–Trinajstić information content (AvgIpc) is 2.95. The van der Waals surface area contributed by atoms with Crippen LogP contribution in [0.4, 0.5) is 4.79 Å². The molecule has 1 aromatic rings. The molecule has 2 rings (SSSR count). The number of hydrogen-bond acceptors (Lipinski definition) is 5. The van der Waals surface area contributed by atoms with Gasteiger partial charge in [-0.15, -0.1) is 0 Å². The largest absolute Gasteiger partial charge is 0.444 e. The van der Waals surface area contributed by atoms with Gasteiger partial charge in [0.2, 0.25) is 0 Å². The van der Waals surface area contributed by atoms with Crippen molar-refractivity contribution in [3.8, 4) is 0 Å². The van der Waals surface area contributed by atoms with Crippen LogP contribution in [-0.2, 0) is 9.47 Å². The fourth-order valence-electron chi connectivity index (χ4n) is 2.73. The Morgan fingerprint density at radius 3 is 2.78 bits per heavy atom. The Labute approximate surface area is 142 Å². The molecule has 2 N–H and O–H groups in total. The Balaban J connectivity index is 1.93. The Morgan fingerprint density at radius 2 is 2.22 bits per heavy atom. The molecule has 0 aliphatic heterocycles. The van der Waals surface area contributed by atoms with Gasteiger partial charge in [-0.2, -0.15) is 11.3 Å². The van der Waals surface area contributed by atoms with E-state index < -0.39 is 5.60 Å². The zero-order valence-electron chi connectivity index (χ0n) is 14.6. The topological polar surface area (TPSA) is 59.6 Å². The van der Waals surface area contributed by atoms with E-state index in [4.69, 9.17) is 9.47 Å². The van der Waals surface area contributed by atoms with Crippen LogP contribution in [0.2, 0.25) is 0 Å². The van der Waals surface area contributed by atoms with Crippen LogP contribution in [0.25, 0.3) is 0 Å². The lowest BCUT2D eigenvalue weighted by Gasteiger charge is -2.46.